The molecule has 0 saturated heterocycles. The van der Waals surface area contributed by atoms with E-state index >= 15 is 0 Å². The number of hydrogen-bond acceptors (Lipinski definition) is 3. The molecule has 0 spiro atoms. The highest BCUT2D eigenvalue weighted by Crippen LogP contribution is 2.30. The number of amides is 1. The number of hydrogen-bond donors (Lipinski definition) is 1. The van der Waals surface area contributed by atoms with Crippen LogP contribution in [0.2, 0.25) is 5.02 Å². The molecule has 0 aliphatic rings. The fraction of sp³-hybridized carbons (Fsp3) is 0.174. The minimum Gasteiger partial charge on any atom is -0.490 e. The average molecular weight is 396 g/mol. The molecule has 3 aromatic carbocycles. The third-order valence-electron chi connectivity index (χ3n) is 4.10. The van der Waals surface area contributed by atoms with Gasteiger partial charge in [0.25, 0.3) is 5.91 Å². The third-order valence-corrected chi connectivity index (χ3v) is 4.34. The maximum absolute atomic E-state index is 12.6. The van der Waals surface area contributed by atoms with Crippen LogP contribution < -0.4 is 14.8 Å². The standard InChI is InChI=1S/C23H22ClNO3/c1-3-27-22-13-18(23(26)25-20-6-4-5-19(24)14-20)11-12-21(22)28-15-17-9-7-16(2)8-10-17/h4-14H,3,15H2,1-2H3,(H,25,26). The van der Waals surface area contributed by atoms with Crippen LogP contribution in [0, 0.1) is 6.92 Å². The first kappa shape index (κ1) is 19.8. The number of nitrogens with one attached hydrogen (secondary N) is 1. The second kappa shape index (κ2) is 9.29. The summed E-state index contributed by atoms with van der Waals surface area (Å²) in [5.74, 6) is 0.892. The Labute approximate surface area is 170 Å². The van der Waals surface area contributed by atoms with Gasteiger partial charge in [0.1, 0.15) is 6.61 Å². The van der Waals surface area contributed by atoms with E-state index in [9.17, 15) is 4.79 Å². The van der Waals surface area contributed by atoms with Crippen LogP contribution >= 0.6 is 11.6 Å². The maximum atomic E-state index is 12.6. The lowest BCUT2D eigenvalue weighted by molar-refractivity contribution is 0.102. The Morgan fingerprint density at radius 3 is 2.46 bits per heavy atom. The van der Waals surface area contributed by atoms with Crippen molar-refractivity contribution in [1.82, 2.24) is 0 Å². The average Bonchev–Trinajstić information content (AvgIpc) is 2.68. The second-order valence-corrected chi connectivity index (χ2v) is 6.77. The molecule has 0 aliphatic heterocycles. The molecule has 0 bridgehead atoms. The van der Waals surface area contributed by atoms with Crippen molar-refractivity contribution in [1.29, 1.82) is 0 Å². The second-order valence-electron chi connectivity index (χ2n) is 6.33. The number of ether oxygens (including phenoxy) is 2. The summed E-state index contributed by atoms with van der Waals surface area (Å²) >= 11 is 5.97. The van der Waals surface area contributed by atoms with Gasteiger partial charge < -0.3 is 14.8 Å². The number of carbonyl (C=O) groups is 1. The molecule has 0 radical (unpaired) electrons. The first-order valence-corrected chi connectivity index (χ1v) is 9.45. The summed E-state index contributed by atoms with van der Waals surface area (Å²) in [6, 6.07) is 20.3. The van der Waals surface area contributed by atoms with Crippen molar-refractivity contribution in [2.45, 2.75) is 20.5 Å². The topological polar surface area (TPSA) is 47.6 Å². The molecule has 1 N–H and O–H groups in total. The predicted octanol–water partition coefficient (Wildman–Crippen LogP) is 5.88. The molecule has 0 unspecified atom stereocenters. The van der Waals surface area contributed by atoms with Crippen LogP contribution in [0.1, 0.15) is 28.4 Å². The molecule has 0 aromatic heterocycles. The van der Waals surface area contributed by atoms with Crippen molar-refractivity contribution in [3.63, 3.8) is 0 Å². The van der Waals surface area contributed by atoms with Gasteiger partial charge in [0.2, 0.25) is 0 Å². The maximum Gasteiger partial charge on any atom is 0.255 e. The summed E-state index contributed by atoms with van der Waals surface area (Å²) in [6.07, 6.45) is 0. The largest absolute Gasteiger partial charge is 0.490 e. The van der Waals surface area contributed by atoms with Gasteiger partial charge in [-0.05, 0) is 55.8 Å². The zero-order valence-corrected chi connectivity index (χ0v) is 16.6. The highest BCUT2D eigenvalue weighted by atomic mass is 35.5. The Morgan fingerprint density at radius 1 is 0.964 bits per heavy atom. The first-order valence-electron chi connectivity index (χ1n) is 9.07. The van der Waals surface area contributed by atoms with E-state index in [0.717, 1.165) is 5.56 Å². The van der Waals surface area contributed by atoms with E-state index in [0.29, 0.717) is 41.0 Å². The highest BCUT2D eigenvalue weighted by molar-refractivity contribution is 6.30. The molecule has 4 nitrogen and oxygen atoms in total. The smallest absolute Gasteiger partial charge is 0.255 e. The Bertz CT molecular complexity index is 954. The molecule has 0 atom stereocenters. The van der Waals surface area contributed by atoms with Crippen LogP contribution in [-0.2, 0) is 6.61 Å². The van der Waals surface area contributed by atoms with Crippen LogP contribution in [0.25, 0.3) is 0 Å². The molecule has 0 saturated carbocycles. The van der Waals surface area contributed by atoms with Gasteiger partial charge in [-0.1, -0.05) is 47.5 Å². The quantitative estimate of drug-likeness (QED) is 0.543. The molecule has 3 rings (SSSR count). The van der Waals surface area contributed by atoms with Gasteiger partial charge in [-0.2, -0.15) is 0 Å². The van der Waals surface area contributed by atoms with E-state index in [-0.39, 0.29) is 5.91 Å². The zero-order valence-electron chi connectivity index (χ0n) is 15.9. The van der Waals surface area contributed by atoms with Gasteiger partial charge >= 0.3 is 0 Å². The van der Waals surface area contributed by atoms with Crippen molar-refractivity contribution in [3.05, 3.63) is 88.4 Å². The fourth-order valence-electron chi connectivity index (χ4n) is 2.65. The molecular weight excluding hydrogens is 374 g/mol. The normalized spacial score (nSPS) is 10.4. The van der Waals surface area contributed by atoms with Crippen molar-refractivity contribution < 1.29 is 14.3 Å². The number of halogens is 1. The minimum atomic E-state index is -0.242. The Hall–Kier alpha value is -2.98. The third kappa shape index (κ3) is 5.27. The summed E-state index contributed by atoms with van der Waals surface area (Å²) in [7, 11) is 0. The van der Waals surface area contributed by atoms with Crippen molar-refractivity contribution >= 4 is 23.2 Å². The van der Waals surface area contributed by atoms with Gasteiger partial charge in [0.05, 0.1) is 6.61 Å². The summed E-state index contributed by atoms with van der Waals surface area (Å²) < 4.78 is 11.6. The van der Waals surface area contributed by atoms with Gasteiger partial charge in [-0.25, -0.2) is 0 Å². The van der Waals surface area contributed by atoms with E-state index in [2.05, 4.69) is 5.32 Å². The first-order chi connectivity index (χ1) is 13.5. The number of rotatable bonds is 7. The van der Waals surface area contributed by atoms with E-state index in [1.54, 1.807) is 42.5 Å². The van der Waals surface area contributed by atoms with Gasteiger partial charge in [-0.3, -0.25) is 4.79 Å². The minimum absolute atomic E-state index is 0.242. The molecule has 3 aromatic rings. The molecule has 0 heterocycles. The van der Waals surface area contributed by atoms with Crippen molar-refractivity contribution in [3.8, 4) is 11.5 Å². The SMILES string of the molecule is CCOc1cc(C(=O)Nc2cccc(Cl)c2)ccc1OCc1ccc(C)cc1. The van der Waals surface area contributed by atoms with Crippen molar-refractivity contribution in [2.24, 2.45) is 0 Å². The van der Waals surface area contributed by atoms with Crippen LogP contribution in [0.5, 0.6) is 11.5 Å². The van der Waals surface area contributed by atoms with Gasteiger partial charge in [0, 0.05) is 16.3 Å². The van der Waals surface area contributed by atoms with Crippen LogP contribution in [0.3, 0.4) is 0 Å². The van der Waals surface area contributed by atoms with Gasteiger partial charge in [0.15, 0.2) is 11.5 Å². The van der Waals surface area contributed by atoms with E-state index < -0.39 is 0 Å². The Balaban J connectivity index is 1.74. The molecule has 5 heteroatoms. The fourth-order valence-corrected chi connectivity index (χ4v) is 2.84. The summed E-state index contributed by atoms with van der Waals surface area (Å²) in [5, 5.41) is 3.39. The number of carbonyl (C=O) groups excluding carboxylic acids is 1. The molecule has 28 heavy (non-hydrogen) atoms. The summed E-state index contributed by atoms with van der Waals surface area (Å²) in [5.41, 5.74) is 3.38. The number of benzene rings is 3. The lowest BCUT2D eigenvalue weighted by Crippen LogP contribution is -2.12. The van der Waals surface area contributed by atoms with E-state index in [1.807, 2.05) is 38.1 Å². The Kier molecular flexibility index (Phi) is 6.56. The molecule has 1 amide bonds. The van der Waals surface area contributed by atoms with Crippen LogP contribution in [0.4, 0.5) is 5.69 Å². The van der Waals surface area contributed by atoms with Crippen LogP contribution in [-0.4, -0.2) is 12.5 Å². The lowest BCUT2D eigenvalue weighted by atomic mass is 10.1. The lowest BCUT2D eigenvalue weighted by Gasteiger charge is -2.14. The molecular formula is C23H22ClNO3. The Morgan fingerprint density at radius 2 is 1.75 bits per heavy atom. The predicted molar refractivity (Wildman–Crippen MR) is 113 cm³/mol. The van der Waals surface area contributed by atoms with E-state index in [1.165, 1.54) is 5.56 Å². The van der Waals surface area contributed by atoms with Crippen LogP contribution in [0.15, 0.2) is 66.7 Å². The van der Waals surface area contributed by atoms with E-state index in [4.69, 9.17) is 21.1 Å². The van der Waals surface area contributed by atoms with Crippen molar-refractivity contribution in [2.75, 3.05) is 11.9 Å². The molecule has 144 valence electrons. The number of anilines is 1. The number of aryl methyl sites for hydroxylation is 1. The summed E-state index contributed by atoms with van der Waals surface area (Å²) in [6.45, 7) is 4.84. The molecule has 0 fully saturated rings. The molecule has 0 aliphatic carbocycles. The zero-order chi connectivity index (χ0) is 19.9. The monoisotopic (exact) mass is 395 g/mol. The summed E-state index contributed by atoms with van der Waals surface area (Å²) in [4.78, 5) is 12.6. The van der Waals surface area contributed by atoms with Gasteiger partial charge in [-0.15, -0.1) is 0 Å². The highest BCUT2D eigenvalue weighted by Gasteiger charge is 2.12.